The van der Waals surface area contributed by atoms with Crippen molar-refractivity contribution in [3.05, 3.63) is 75.1 Å². The van der Waals surface area contributed by atoms with Gasteiger partial charge in [-0.1, -0.05) is 53.5 Å². The maximum absolute atomic E-state index is 13.4. The number of anilines is 1. The van der Waals surface area contributed by atoms with Gasteiger partial charge in [0.15, 0.2) is 6.04 Å². The second kappa shape index (κ2) is 9.08. The monoisotopic (exact) mass is 449 g/mol. The van der Waals surface area contributed by atoms with E-state index in [4.69, 9.17) is 33.1 Å². The van der Waals surface area contributed by atoms with Crippen molar-refractivity contribution in [2.45, 2.75) is 25.9 Å². The number of benzene rings is 2. The van der Waals surface area contributed by atoms with Crippen LogP contribution in [0, 0.1) is 10.6 Å². The summed E-state index contributed by atoms with van der Waals surface area (Å²) < 4.78 is 5.70. The smallest absolute Gasteiger partial charge is 0.236 e. The van der Waals surface area contributed by atoms with Crippen LogP contribution in [0.4, 0.5) is 5.69 Å². The third-order valence-corrected chi connectivity index (χ3v) is 5.60. The van der Waals surface area contributed by atoms with Crippen LogP contribution in [0.1, 0.15) is 25.5 Å². The third kappa shape index (κ3) is 4.61. The first-order chi connectivity index (χ1) is 14.2. The fourth-order valence-corrected chi connectivity index (χ4v) is 3.94. The molecule has 1 heterocycles. The first-order valence-corrected chi connectivity index (χ1v) is 9.95. The molecule has 1 amide bonds. The summed E-state index contributed by atoms with van der Waals surface area (Å²) in [5.41, 5.74) is -0.0145. The van der Waals surface area contributed by atoms with Crippen LogP contribution in [-0.2, 0) is 9.53 Å². The highest BCUT2D eigenvalue weighted by Crippen LogP contribution is 2.30. The molecule has 0 aliphatic carbocycles. The highest BCUT2D eigenvalue weighted by atomic mass is 35.5. The Morgan fingerprint density at radius 3 is 2.50 bits per heavy atom. The number of morpholine rings is 1. The minimum Gasteiger partial charge on any atom is -0.633 e. The van der Waals surface area contributed by atoms with Crippen LogP contribution in [0.15, 0.2) is 59.4 Å². The van der Waals surface area contributed by atoms with Crippen LogP contribution in [0.2, 0.25) is 10.0 Å². The quantitative estimate of drug-likeness (QED) is 0.288. The number of hydrogen-bond donors (Lipinski definition) is 3. The molecule has 1 saturated heterocycles. The highest BCUT2D eigenvalue weighted by Gasteiger charge is 2.48. The molecule has 158 valence electrons. The average molecular weight is 450 g/mol. The fraction of sp³-hybridized carbons (Fsp3) is 0.286. The minimum atomic E-state index is -1.11. The first kappa shape index (κ1) is 22.2. The Balaban J connectivity index is 1.89. The lowest BCUT2D eigenvalue weighted by Crippen LogP contribution is -3.15. The Morgan fingerprint density at radius 2 is 1.90 bits per heavy atom. The molecule has 9 heteroatoms. The Kier molecular flexibility index (Phi) is 6.71. The number of halogens is 2. The Labute approximate surface area is 184 Å². The van der Waals surface area contributed by atoms with E-state index in [1.165, 1.54) is 0 Å². The van der Waals surface area contributed by atoms with E-state index in [0.717, 1.165) is 0 Å². The van der Waals surface area contributed by atoms with Gasteiger partial charge in [-0.25, -0.2) is 0 Å². The van der Waals surface area contributed by atoms with Gasteiger partial charge in [-0.05, 0) is 37.2 Å². The zero-order valence-corrected chi connectivity index (χ0v) is 17.9. The van der Waals surface area contributed by atoms with E-state index >= 15 is 0 Å². The lowest BCUT2D eigenvalue weighted by molar-refractivity contribution is -0.917. The number of nitrogens with zero attached hydrogens (tertiary/aromatic N) is 1. The largest absolute Gasteiger partial charge is 0.633 e. The second-order valence-corrected chi connectivity index (χ2v) is 8.39. The summed E-state index contributed by atoms with van der Waals surface area (Å²) >= 11 is 12.0. The molecule has 0 aromatic heterocycles. The molecule has 3 N–H and O–H groups in total. The number of nitrogens with one attached hydrogen (secondary N) is 2. The molecule has 1 aliphatic heterocycles. The zero-order valence-electron chi connectivity index (χ0n) is 16.4. The fourth-order valence-electron chi connectivity index (χ4n) is 3.42. The molecule has 3 unspecified atom stereocenters. The summed E-state index contributed by atoms with van der Waals surface area (Å²) in [5.74, 6) is 2.08. The highest BCUT2D eigenvalue weighted by molar-refractivity contribution is 6.35. The summed E-state index contributed by atoms with van der Waals surface area (Å²) in [6.45, 7) is 3.31. The summed E-state index contributed by atoms with van der Waals surface area (Å²) in [7, 11) is 0. The van der Waals surface area contributed by atoms with E-state index in [9.17, 15) is 10.0 Å². The predicted molar refractivity (Wildman–Crippen MR) is 115 cm³/mol. The van der Waals surface area contributed by atoms with E-state index in [1.54, 1.807) is 56.3 Å². The van der Waals surface area contributed by atoms with E-state index in [2.05, 4.69) is 16.3 Å². The maximum atomic E-state index is 13.4. The molecule has 3 atom stereocenters. The predicted octanol–water partition coefficient (Wildman–Crippen LogP) is 3.42. The van der Waals surface area contributed by atoms with Gasteiger partial charge in [0, 0.05) is 21.3 Å². The topological polar surface area (TPSA) is 98.4 Å². The van der Waals surface area contributed by atoms with Gasteiger partial charge in [0.2, 0.25) is 11.7 Å². The molecule has 0 bridgehead atoms. The van der Waals surface area contributed by atoms with Gasteiger partial charge in [0.1, 0.15) is 12.6 Å². The number of amides is 1. The zero-order chi connectivity index (χ0) is 21.9. The molecule has 30 heavy (non-hydrogen) atoms. The summed E-state index contributed by atoms with van der Waals surface area (Å²) in [6, 6.07) is 12.1. The summed E-state index contributed by atoms with van der Waals surface area (Å²) in [6.07, 6.45) is 0. The summed E-state index contributed by atoms with van der Waals surface area (Å²) in [5, 5.41) is 28.6. The molecule has 0 saturated carbocycles. The molecule has 3 rings (SSSR count). The maximum Gasteiger partial charge on any atom is 0.236 e. The van der Waals surface area contributed by atoms with Gasteiger partial charge in [-0.15, -0.1) is 0 Å². The normalized spacial score (nSPS) is 21.4. The van der Waals surface area contributed by atoms with Crippen LogP contribution in [0.3, 0.4) is 0 Å². The van der Waals surface area contributed by atoms with Crippen LogP contribution >= 0.6 is 23.2 Å². The van der Waals surface area contributed by atoms with Crippen LogP contribution in [0.5, 0.6) is 0 Å². The van der Waals surface area contributed by atoms with Gasteiger partial charge in [0.05, 0.1) is 11.3 Å². The van der Waals surface area contributed by atoms with E-state index in [0.29, 0.717) is 21.3 Å². The minimum absolute atomic E-state index is 0.0449. The first-order valence-electron chi connectivity index (χ1n) is 9.20. The van der Waals surface area contributed by atoms with Crippen LogP contribution in [0.25, 0.3) is 0 Å². The number of ether oxygens (including phenoxy) is 1. The third-order valence-electron chi connectivity index (χ3n) is 5.17. The number of rotatable bonds is 4. The van der Waals surface area contributed by atoms with Gasteiger partial charge in [-0.2, -0.15) is 0 Å². The molecule has 0 spiro atoms. The van der Waals surface area contributed by atoms with Crippen molar-refractivity contribution in [3.8, 4) is 0 Å². The van der Waals surface area contributed by atoms with E-state index < -0.39 is 17.5 Å². The van der Waals surface area contributed by atoms with Gasteiger partial charge < -0.3 is 25.5 Å². The van der Waals surface area contributed by atoms with Crippen molar-refractivity contribution in [2.24, 2.45) is 10.6 Å². The van der Waals surface area contributed by atoms with Crippen molar-refractivity contribution in [3.63, 3.8) is 0 Å². The molecular weight excluding hydrogens is 429 g/mol. The van der Waals surface area contributed by atoms with Crippen molar-refractivity contribution >= 4 is 40.7 Å². The van der Waals surface area contributed by atoms with Crippen LogP contribution < -0.4 is 10.4 Å². The van der Waals surface area contributed by atoms with E-state index in [-0.39, 0.29) is 23.3 Å². The molecule has 2 aromatic rings. The lowest BCUT2D eigenvalue weighted by Gasteiger charge is -2.47. The van der Waals surface area contributed by atoms with Crippen molar-refractivity contribution < 1.29 is 19.8 Å². The standard InChI is InChI=1S/C21H21Cl2N3O4/c1-21(2,20(27)25-16-9-14(22)8-15(23)10-16)18-12-30-17(11-24-28)19(26(18)29)13-6-4-3-5-7-13/h3-10,18-19,26,28H,12H2,1-2H3,(H,25,27). The van der Waals surface area contributed by atoms with E-state index in [1.807, 2.05) is 6.07 Å². The average Bonchev–Trinajstić information content (AvgIpc) is 2.68. The van der Waals surface area contributed by atoms with Gasteiger partial charge in [0.25, 0.3) is 0 Å². The Hall–Kier alpha value is -2.54. The number of quaternary nitrogens is 1. The van der Waals surface area contributed by atoms with Crippen molar-refractivity contribution in [2.75, 3.05) is 11.9 Å². The van der Waals surface area contributed by atoms with Gasteiger partial charge in [-0.3, -0.25) is 4.79 Å². The lowest BCUT2D eigenvalue weighted by atomic mass is 9.81. The van der Waals surface area contributed by atoms with Gasteiger partial charge >= 0.3 is 0 Å². The van der Waals surface area contributed by atoms with Crippen molar-refractivity contribution in [1.82, 2.24) is 0 Å². The molecule has 7 nitrogen and oxygen atoms in total. The van der Waals surface area contributed by atoms with Crippen molar-refractivity contribution in [1.29, 1.82) is 0 Å². The number of carbonyl (C=O) groups excluding carboxylic acids is 1. The molecule has 1 fully saturated rings. The van der Waals surface area contributed by atoms with Crippen LogP contribution in [-0.4, -0.2) is 29.6 Å². The number of carbonyl (C=O) groups is 1. The molecule has 1 aliphatic rings. The SMILES string of the molecule is CC(C)(C(=O)Nc1cc(Cl)cc(Cl)c1)C1COC(=C=NO)C(c2ccccc2)[NH+]1[O-]. The number of hydroxylamine groups is 2. The summed E-state index contributed by atoms with van der Waals surface area (Å²) in [4.78, 5) is 13.1. The molecule has 0 radical (unpaired) electrons. The Morgan fingerprint density at radius 1 is 1.27 bits per heavy atom. The number of hydrogen-bond acceptors (Lipinski definition) is 5. The second-order valence-electron chi connectivity index (χ2n) is 7.52. The molecular formula is C21H21Cl2N3O4. The molecule has 2 aromatic carbocycles. The Bertz CT molecular complexity index is 971.